The average Bonchev–Trinajstić information content (AvgIpc) is 3.03. The molecule has 0 bridgehead atoms. The molecule has 3 aromatic rings. The van der Waals surface area contributed by atoms with E-state index in [-0.39, 0.29) is 16.8 Å². The monoisotopic (exact) mass is 392 g/mol. The minimum absolute atomic E-state index is 0.0391. The van der Waals surface area contributed by atoms with Crippen LogP contribution in [-0.2, 0) is 16.4 Å². The molecule has 0 fully saturated rings. The number of carbonyl (C=O) groups is 1. The Balaban J connectivity index is 1.65. The maximum atomic E-state index is 12.9. The second-order valence-electron chi connectivity index (χ2n) is 6.86. The van der Waals surface area contributed by atoms with Crippen LogP contribution in [0.25, 0.3) is 0 Å². The molecule has 0 unspecified atom stereocenters. The first-order valence-corrected chi connectivity index (χ1v) is 10.5. The molecule has 0 spiro atoms. The summed E-state index contributed by atoms with van der Waals surface area (Å²) in [6.07, 6.45) is 0.614. The average molecular weight is 392 g/mol. The van der Waals surface area contributed by atoms with E-state index in [1.165, 1.54) is 0 Å². The number of hydrogen-bond acceptors (Lipinski definition) is 3. The zero-order chi connectivity index (χ0) is 19.7. The summed E-state index contributed by atoms with van der Waals surface area (Å²) in [5, 5.41) is 0. The number of amides is 1. The SMILES string of the molecule is C[C@@H]1Cc2cc(S(=O)(=O)Nc3ccccc3)ccc2N1C(=O)c1ccccc1. The van der Waals surface area contributed by atoms with E-state index in [0.29, 0.717) is 17.7 Å². The van der Waals surface area contributed by atoms with Crippen molar-refractivity contribution in [1.29, 1.82) is 0 Å². The highest BCUT2D eigenvalue weighted by molar-refractivity contribution is 7.92. The Kier molecular flexibility index (Phi) is 4.65. The van der Waals surface area contributed by atoms with Crippen LogP contribution in [0.2, 0.25) is 0 Å². The molecule has 0 saturated carbocycles. The Morgan fingerprint density at radius 1 is 0.964 bits per heavy atom. The van der Waals surface area contributed by atoms with Gasteiger partial charge in [0, 0.05) is 23.0 Å². The molecular weight excluding hydrogens is 372 g/mol. The summed E-state index contributed by atoms with van der Waals surface area (Å²) in [5.74, 6) is -0.0788. The van der Waals surface area contributed by atoms with E-state index in [4.69, 9.17) is 0 Å². The highest BCUT2D eigenvalue weighted by Gasteiger charge is 2.32. The van der Waals surface area contributed by atoms with Gasteiger partial charge in [0.25, 0.3) is 15.9 Å². The van der Waals surface area contributed by atoms with Gasteiger partial charge < -0.3 is 4.90 Å². The molecule has 1 atom stereocenters. The van der Waals surface area contributed by atoms with Gasteiger partial charge in [-0.25, -0.2) is 8.42 Å². The van der Waals surface area contributed by atoms with Gasteiger partial charge in [-0.15, -0.1) is 0 Å². The molecule has 5 nitrogen and oxygen atoms in total. The Morgan fingerprint density at radius 3 is 2.29 bits per heavy atom. The van der Waals surface area contributed by atoms with Crippen molar-refractivity contribution >= 4 is 27.3 Å². The van der Waals surface area contributed by atoms with Gasteiger partial charge in [-0.1, -0.05) is 36.4 Å². The van der Waals surface area contributed by atoms with E-state index in [1.54, 1.807) is 59.5 Å². The van der Waals surface area contributed by atoms with Crippen LogP contribution in [0.15, 0.2) is 83.8 Å². The Hall–Kier alpha value is -3.12. The Labute approximate surface area is 164 Å². The predicted molar refractivity (Wildman–Crippen MR) is 110 cm³/mol. The number of fused-ring (bicyclic) bond motifs is 1. The number of anilines is 2. The van der Waals surface area contributed by atoms with Crippen molar-refractivity contribution in [3.8, 4) is 0 Å². The number of hydrogen-bond donors (Lipinski definition) is 1. The number of rotatable bonds is 4. The topological polar surface area (TPSA) is 66.5 Å². The zero-order valence-electron chi connectivity index (χ0n) is 15.4. The van der Waals surface area contributed by atoms with E-state index in [1.807, 2.05) is 31.2 Å². The first-order chi connectivity index (χ1) is 13.5. The maximum absolute atomic E-state index is 12.9. The third-order valence-corrected chi connectivity index (χ3v) is 6.22. The minimum Gasteiger partial charge on any atom is -0.305 e. The van der Waals surface area contributed by atoms with Gasteiger partial charge >= 0.3 is 0 Å². The fourth-order valence-electron chi connectivity index (χ4n) is 3.52. The molecule has 1 heterocycles. The van der Waals surface area contributed by atoms with Crippen LogP contribution >= 0.6 is 0 Å². The van der Waals surface area contributed by atoms with Crippen molar-refractivity contribution < 1.29 is 13.2 Å². The fraction of sp³-hybridized carbons (Fsp3) is 0.136. The van der Waals surface area contributed by atoms with E-state index in [0.717, 1.165) is 11.3 Å². The molecule has 0 saturated heterocycles. The molecule has 1 amide bonds. The van der Waals surface area contributed by atoms with E-state index in [9.17, 15) is 13.2 Å². The lowest BCUT2D eigenvalue weighted by atomic mass is 10.1. The highest BCUT2D eigenvalue weighted by atomic mass is 32.2. The fourth-order valence-corrected chi connectivity index (χ4v) is 4.63. The number of benzene rings is 3. The molecule has 6 heteroatoms. The van der Waals surface area contributed by atoms with Crippen LogP contribution in [0.3, 0.4) is 0 Å². The molecule has 0 aliphatic carbocycles. The van der Waals surface area contributed by atoms with Crippen LogP contribution in [0, 0.1) is 0 Å². The largest absolute Gasteiger partial charge is 0.305 e. The lowest BCUT2D eigenvalue weighted by molar-refractivity contribution is 0.0981. The predicted octanol–water partition coefficient (Wildman–Crippen LogP) is 4.08. The number of para-hydroxylation sites is 1. The Morgan fingerprint density at radius 2 is 1.61 bits per heavy atom. The molecule has 1 N–H and O–H groups in total. The summed E-state index contributed by atoms with van der Waals surface area (Å²) >= 11 is 0. The third kappa shape index (κ3) is 3.39. The molecule has 0 radical (unpaired) electrons. The molecule has 4 rings (SSSR count). The molecule has 142 valence electrons. The first-order valence-electron chi connectivity index (χ1n) is 9.05. The number of sulfonamides is 1. The summed E-state index contributed by atoms with van der Waals surface area (Å²) in [5.41, 5.74) is 2.75. The van der Waals surface area contributed by atoms with Gasteiger partial charge in [0.05, 0.1) is 4.90 Å². The highest BCUT2D eigenvalue weighted by Crippen LogP contribution is 2.35. The van der Waals surface area contributed by atoms with E-state index >= 15 is 0 Å². The summed E-state index contributed by atoms with van der Waals surface area (Å²) in [6.45, 7) is 1.97. The zero-order valence-corrected chi connectivity index (χ0v) is 16.2. The minimum atomic E-state index is -3.70. The third-order valence-electron chi connectivity index (χ3n) is 4.84. The second kappa shape index (κ2) is 7.13. The van der Waals surface area contributed by atoms with Gasteiger partial charge in [-0.05, 0) is 61.4 Å². The Bertz CT molecular complexity index is 1110. The quantitative estimate of drug-likeness (QED) is 0.728. The molecule has 0 aromatic heterocycles. The second-order valence-corrected chi connectivity index (χ2v) is 8.54. The number of nitrogens with one attached hydrogen (secondary N) is 1. The normalized spacial score (nSPS) is 15.9. The van der Waals surface area contributed by atoms with Crippen LogP contribution in [0.4, 0.5) is 11.4 Å². The lowest BCUT2D eigenvalue weighted by Gasteiger charge is -2.23. The summed E-state index contributed by atoms with van der Waals surface area (Å²) in [7, 11) is -3.70. The van der Waals surface area contributed by atoms with Gasteiger partial charge in [0.15, 0.2) is 0 Å². The van der Waals surface area contributed by atoms with Crippen LogP contribution < -0.4 is 9.62 Å². The van der Waals surface area contributed by atoms with Crippen molar-refractivity contribution in [2.24, 2.45) is 0 Å². The van der Waals surface area contributed by atoms with Gasteiger partial charge in [0.2, 0.25) is 0 Å². The number of carbonyl (C=O) groups excluding carboxylic acids is 1. The molecule has 1 aliphatic heterocycles. The first kappa shape index (κ1) is 18.3. The van der Waals surface area contributed by atoms with Crippen molar-refractivity contribution in [2.45, 2.75) is 24.3 Å². The van der Waals surface area contributed by atoms with Crippen LogP contribution in [0.1, 0.15) is 22.8 Å². The molecule has 1 aliphatic rings. The van der Waals surface area contributed by atoms with Crippen molar-refractivity contribution in [3.05, 3.63) is 90.0 Å². The molecule has 28 heavy (non-hydrogen) atoms. The lowest BCUT2D eigenvalue weighted by Crippen LogP contribution is -2.35. The van der Waals surface area contributed by atoms with Crippen LogP contribution in [0.5, 0.6) is 0 Å². The van der Waals surface area contributed by atoms with Gasteiger partial charge in [-0.3, -0.25) is 9.52 Å². The maximum Gasteiger partial charge on any atom is 0.261 e. The summed E-state index contributed by atoms with van der Waals surface area (Å²) < 4.78 is 28.0. The van der Waals surface area contributed by atoms with Crippen molar-refractivity contribution in [1.82, 2.24) is 0 Å². The molecule has 3 aromatic carbocycles. The van der Waals surface area contributed by atoms with Gasteiger partial charge in [-0.2, -0.15) is 0 Å². The van der Waals surface area contributed by atoms with Crippen molar-refractivity contribution in [2.75, 3.05) is 9.62 Å². The summed E-state index contributed by atoms with van der Waals surface area (Å²) in [6, 6.07) is 22.8. The number of nitrogens with zero attached hydrogens (tertiary/aromatic N) is 1. The molecular formula is C22H20N2O3S. The van der Waals surface area contributed by atoms with E-state index < -0.39 is 10.0 Å². The van der Waals surface area contributed by atoms with E-state index in [2.05, 4.69) is 4.72 Å². The van der Waals surface area contributed by atoms with Gasteiger partial charge in [0.1, 0.15) is 0 Å². The smallest absolute Gasteiger partial charge is 0.261 e. The summed E-state index contributed by atoms with van der Waals surface area (Å²) in [4.78, 5) is 14.9. The standard InChI is InChI=1S/C22H20N2O3S/c1-16-14-18-15-20(28(26,27)23-19-10-6-3-7-11-19)12-13-21(18)24(16)22(25)17-8-4-2-5-9-17/h2-13,15-16,23H,14H2,1H3/t16-/m1/s1. The van der Waals surface area contributed by atoms with Crippen molar-refractivity contribution in [3.63, 3.8) is 0 Å². The van der Waals surface area contributed by atoms with Crippen LogP contribution in [-0.4, -0.2) is 20.4 Å².